The van der Waals surface area contributed by atoms with Gasteiger partial charge in [0.15, 0.2) is 0 Å². The zero-order valence-electron chi connectivity index (χ0n) is 15.5. The van der Waals surface area contributed by atoms with Crippen molar-refractivity contribution in [3.05, 3.63) is 90.0 Å². The van der Waals surface area contributed by atoms with Gasteiger partial charge in [0, 0.05) is 0 Å². The second-order valence-electron chi connectivity index (χ2n) is 6.24. The summed E-state index contributed by atoms with van der Waals surface area (Å²) in [6, 6.07) is 23.7. The van der Waals surface area contributed by atoms with Crippen molar-refractivity contribution in [3.8, 4) is 5.75 Å². The molecule has 0 atom stereocenters. The fourth-order valence-electron chi connectivity index (χ4n) is 2.85. The minimum atomic E-state index is -3.72. The van der Waals surface area contributed by atoms with Crippen LogP contribution in [0.15, 0.2) is 83.8 Å². The van der Waals surface area contributed by atoms with Gasteiger partial charge in [-0.15, -0.1) is 0 Å². The van der Waals surface area contributed by atoms with E-state index in [1.807, 2.05) is 68.4 Å². The molecule has 140 valence electrons. The topological polar surface area (TPSA) is 46.6 Å². The summed E-state index contributed by atoms with van der Waals surface area (Å²) in [6.07, 6.45) is 0. The minimum absolute atomic E-state index is 0.239. The van der Waals surface area contributed by atoms with E-state index in [4.69, 9.17) is 4.74 Å². The molecule has 4 nitrogen and oxygen atoms in total. The van der Waals surface area contributed by atoms with E-state index in [2.05, 4.69) is 0 Å². The number of benzene rings is 3. The van der Waals surface area contributed by atoms with Gasteiger partial charge in [0.1, 0.15) is 5.75 Å². The van der Waals surface area contributed by atoms with Crippen molar-refractivity contribution in [1.29, 1.82) is 0 Å². The highest BCUT2D eigenvalue weighted by Crippen LogP contribution is 2.27. The standard InChI is InChI=1S/C22H23NO3S/c1-3-26-21-12-14-22(15-13-21)27(24,25)23(17-19-9-5-4-6-10-19)20-11-7-8-18(2)16-20/h4-16H,3,17H2,1-2H3. The van der Waals surface area contributed by atoms with Gasteiger partial charge in [0.05, 0.1) is 23.7 Å². The van der Waals surface area contributed by atoms with Gasteiger partial charge in [-0.1, -0.05) is 42.5 Å². The molecule has 0 aliphatic heterocycles. The average Bonchev–Trinajstić information content (AvgIpc) is 2.67. The second kappa shape index (κ2) is 8.27. The third kappa shape index (κ3) is 4.49. The van der Waals surface area contributed by atoms with Crippen LogP contribution in [-0.2, 0) is 16.6 Å². The summed E-state index contributed by atoms with van der Waals surface area (Å²) in [7, 11) is -3.72. The number of anilines is 1. The highest BCUT2D eigenvalue weighted by Gasteiger charge is 2.25. The quantitative estimate of drug-likeness (QED) is 0.591. The van der Waals surface area contributed by atoms with Crippen LogP contribution in [0.4, 0.5) is 5.69 Å². The first-order valence-electron chi connectivity index (χ1n) is 8.87. The molecular weight excluding hydrogens is 358 g/mol. The van der Waals surface area contributed by atoms with Crippen LogP contribution in [0, 0.1) is 6.92 Å². The molecule has 0 spiro atoms. The Labute approximate surface area is 161 Å². The van der Waals surface area contributed by atoms with Crippen LogP contribution in [0.5, 0.6) is 5.75 Å². The van der Waals surface area contributed by atoms with E-state index in [0.717, 1.165) is 11.1 Å². The molecule has 27 heavy (non-hydrogen) atoms. The van der Waals surface area contributed by atoms with E-state index in [0.29, 0.717) is 18.0 Å². The lowest BCUT2D eigenvalue weighted by atomic mass is 10.2. The van der Waals surface area contributed by atoms with Crippen LogP contribution in [0.2, 0.25) is 0 Å². The molecule has 0 unspecified atom stereocenters. The molecule has 0 saturated heterocycles. The molecule has 0 radical (unpaired) electrons. The molecule has 0 N–H and O–H groups in total. The van der Waals surface area contributed by atoms with E-state index in [-0.39, 0.29) is 11.4 Å². The first-order valence-corrected chi connectivity index (χ1v) is 10.3. The van der Waals surface area contributed by atoms with Crippen molar-refractivity contribution in [2.45, 2.75) is 25.3 Å². The Morgan fingerprint density at radius 1 is 0.889 bits per heavy atom. The summed E-state index contributed by atoms with van der Waals surface area (Å²) >= 11 is 0. The normalized spacial score (nSPS) is 11.2. The fourth-order valence-corrected chi connectivity index (χ4v) is 4.29. The maximum atomic E-state index is 13.4. The van der Waals surface area contributed by atoms with Crippen molar-refractivity contribution in [1.82, 2.24) is 0 Å². The molecule has 0 aromatic heterocycles. The van der Waals surface area contributed by atoms with Gasteiger partial charge >= 0.3 is 0 Å². The molecule has 0 aliphatic carbocycles. The van der Waals surface area contributed by atoms with Crippen LogP contribution in [0.3, 0.4) is 0 Å². The van der Waals surface area contributed by atoms with Crippen molar-refractivity contribution in [3.63, 3.8) is 0 Å². The molecular formula is C22H23NO3S. The van der Waals surface area contributed by atoms with Gasteiger partial charge in [-0.3, -0.25) is 4.31 Å². The summed E-state index contributed by atoms with van der Waals surface area (Å²) in [4.78, 5) is 0.239. The van der Waals surface area contributed by atoms with E-state index in [9.17, 15) is 8.42 Å². The van der Waals surface area contributed by atoms with Gasteiger partial charge in [0.25, 0.3) is 10.0 Å². The first kappa shape index (κ1) is 19.0. The monoisotopic (exact) mass is 381 g/mol. The third-order valence-electron chi connectivity index (χ3n) is 4.18. The Bertz CT molecular complexity index is 984. The maximum absolute atomic E-state index is 13.4. The van der Waals surface area contributed by atoms with Crippen molar-refractivity contribution >= 4 is 15.7 Å². The molecule has 0 fully saturated rings. The SMILES string of the molecule is CCOc1ccc(S(=O)(=O)N(Cc2ccccc2)c2cccc(C)c2)cc1. The Morgan fingerprint density at radius 3 is 2.22 bits per heavy atom. The Balaban J connectivity index is 2.02. The summed E-state index contributed by atoms with van der Waals surface area (Å²) < 4.78 is 33.7. The smallest absolute Gasteiger partial charge is 0.264 e. The van der Waals surface area contributed by atoms with Crippen LogP contribution >= 0.6 is 0 Å². The van der Waals surface area contributed by atoms with Gasteiger partial charge in [-0.05, 0) is 61.4 Å². The molecule has 5 heteroatoms. The predicted molar refractivity (Wildman–Crippen MR) is 109 cm³/mol. The number of sulfonamides is 1. The summed E-state index contributed by atoms with van der Waals surface area (Å²) in [5.74, 6) is 0.654. The molecule has 0 heterocycles. The van der Waals surface area contributed by atoms with Crippen LogP contribution in [0.25, 0.3) is 0 Å². The zero-order valence-corrected chi connectivity index (χ0v) is 16.3. The molecule has 0 amide bonds. The van der Waals surface area contributed by atoms with E-state index >= 15 is 0 Å². The van der Waals surface area contributed by atoms with Crippen LogP contribution in [0.1, 0.15) is 18.1 Å². The lowest BCUT2D eigenvalue weighted by Crippen LogP contribution is -2.30. The first-order chi connectivity index (χ1) is 13.0. The molecule has 0 aliphatic rings. The number of hydrogen-bond acceptors (Lipinski definition) is 3. The molecule has 0 bridgehead atoms. The molecule has 0 saturated carbocycles. The lowest BCUT2D eigenvalue weighted by molar-refractivity contribution is 0.340. The number of hydrogen-bond donors (Lipinski definition) is 0. The summed E-state index contributed by atoms with van der Waals surface area (Å²) in [5.41, 5.74) is 2.58. The summed E-state index contributed by atoms with van der Waals surface area (Å²) in [5, 5.41) is 0. The Hall–Kier alpha value is -2.79. The minimum Gasteiger partial charge on any atom is -0.494 e. The summed E-state index contributed by atoms with van der Waals surface area (Å²) in [6.45, 7) is 4.65. The van der Waals surface area contributed by atoms with E-state index < -0.39 is 10.0 Å². The van der Waals surface area contributed by atoms with Crippen molar-refractivity contribution in [2.24, 2.45) is 0 Å². The Morgan fingerprint density at radius 2 is 1.59 bits per heavy atom. The number of rotatable bonds is 7. The van der Waals surface area contributed by atoms with Gasteiger partial charge in [-0.2, -0.15) is 0 Å². The van der Waals surface area contributed by atoms with Crippen LogP contribution in [-0.4, -0.2) is 15.0 Å². The van der Waals surface area contributed by atoms with E-state index in [1.165, 1.54) is 4.31 Å². The second-order valence-corrected chi connectivity index (χ2v) is 8.10. The maximum Gasteiger partial charge on any atom is 0.264 e. The zero-order chi connectivity index (χ0) is 19.3. The highest BCUT2D eigenvalue weighted by atomic mass is 32.2. The van der Waals surface area contributed by atoms with Gasteiger partial charge in [-0.25, -0.2) is 8.42 Å². The largest absolute Gasteiger partial charge is 0.494 e. The molecule has 3 aromatic carbocycles. The number of ether oxygens (including phenoxy) is 1. The van der Waals surface area contributed by atoms with Crippen molar-refractivity contribution < 1.29 is 13.2 Å². The third-order valence-corrected chi connectivity index (χ3v) is 5.97. The lowest BCUT2D eigenvalue weighted by Gasteiger charge is -2.25. The van der Waals surface area contributed by atoms with Gasteiger partial charge in [0.2, 0.25) is 0 Å². The van der Waals surface area contributed by atoms with E-state index in [1.54, 1.807) is 24.3 Å². The highest BCUT2D eigenvalue weighted by molar-refractivity contribution is 7.92. The van der Waals surface area contributed by atoms with Crippen molar-refractivity contribution in [2.75, 3.05) is 10.9 Å². The molecule has 3 rings (SSSR count). The average molecular weight is 381 g/mol. The number of nitrogens with zero attached hydrogens (tertiary/aromatic N) is 1. The number of aryl methyl sites for hydroxylation is 1. The fraction of sp³-hybridized carbons (Fsp3) is 0.182. The predicted octanol–water partition coefficient (Wildman–Crippen LogP) is 4.79. The van der Waals surface area contributed by atoms with Gasteiger partial charge < -0.3 is 4.74 Å². The van der Waals surface area contributed by atoms with Crippen LogP contribution < -0.4 is 9.04 Å². The molecule has 3 aromatic rings. The Kier molecular flexibility index (Phi) is 5.81.